The van der Waals surface area contributed by atoms with E-state index in [-0.39, 0.29) is 5.91 Å². The number of carbonyl (C=O) groups excluding carboxylic acids is 1. The molecule has 0 spiro atoms. The zero-order valence-electron chi connectivity index (χ0n) is 13.2. The number of likely N-dealkylation sites (N-methyl/N-ethyl adjacent to an activating group) is 1. The van der Waals surface area contributed by atoms with Crippen LogP contribution in [0.4, 0.5) is 0 Å². The molecule has 0 unspecified atom stereocenters. The zero-order chi connectivity index (χ0) is 15.1. The van der Waals surface area contributed by atoms with Crippen LogP contribution in [-0.2, 0) is 11.3 Å². The molecular weight excluding hydrogens is 262 g/mol. The molecule has 0 bridgehead atoms. The summed E-state index contributed by atoms with van der Waals surface area (Å²) in [7, 11) is 4.08. The van der Waals surface area contributed by atoms with Crippen LogP contribution < -0.4 is 5.32 Å². The van der Waals surface area contributed by atoms with E-state index in [2.05, 4.69) is 22.3 Å². The van der Waals surface area contributed by atoms with Crippen molar-refractivity contribution in [1.82, 2.24) is 15.1 Å². The monoisotopic (exact) mass is 289 g/mol. The summed E-state index contributed by atoms with van der Waals surface area (Å²) < 4.78 is 0. The maximum absolute atomic E-state index is 12.4. The van der Waals surface area contributed by atoms with Crippen molar-refractivity contribution in [3.63, 3.8) is 0 Å². The standard InChI is InChI=1S/C17H27N3O/c1-19(2)10-11-20(14-16-6-4-3-5-7-16)17(21)13-18-12-15-8-9-15/h3-7,15,18H,8-14H2,1-2H3. The highest BCUT2D eigenvalue weighted by atomic mass is 16.2. The number of rotatable bonds is 9. The molecule has 1 N–H and O–H groups in total. The van der Waals surface area contributed by atoms with Crippen molar-refractivity contribution in [1.29, 1.82) is 0 Å². The lowest BCUT2D eigenvalue weighted by molar-refractivity contribution is -0.131. The highest BCUT2D eigenvalue weighted by Gasteiger charge is 2.21. The molecule has 1 aliphatic rings. The molecule has 1 saturated carbocycles. The predicted molar refractivity (Wildman–Crippen MR) is 86.0 cm³/mol. The summed E-state index contributed by atoms with van der Waals surface area (Å²) in [5.41, 5.74) is 1.19. The van der Waals surface area contributed by atoms with Gasteiger partial charge in [0.15, 0.2) is 0 Å². The number of amides is 1. The molecule has 21 heavy (non-hydrogen) atoms. The van der Waals surface area contributed by atoms with Crippen molar-refractivity contribution in [2.24, 2.45) is 5.92 Å². The minimum Gasteiger partial charge on any atom is -0.336 e. The molecule has 1 aliphatic carbocycles. The number of carbonyl (C=O) groups is 1. The molecule has 0 aliphatic heterocycles. The fourth-order valence-electron chi connectivity index (χ4n) is 2.23. The van der Waals surface area contributed by atoms with Crippen LogP contribution in [0.25, 0.3) is 0 Å². The van der Waals surface area contributed by atoms with Gasteiger partial charge in [-0.25, -0.2) is 0 Å². The van der Waals surface area contributed by atoms with Crippen LogP contribution in [0.2, 0.25) is 0 Å². The third-order valence-corrected chi connectivity index (χ3v) is 3.79. The zero-order valence-corrected chi connectivity index (χ0v) is 13.2. The van der Waals surface area contributed by atoms with Crippen LogP contribution in [0.3, 0.4) is 0 Å². The summed E-state index contributed by atoms with van der Waals surface area (Å²) in [5, 5.41) is 3.30. The molecule has 1 aromatic carbocycles. The topological polar surface area (TPSA) is 35.6 Å². The Morgan fingerprint density at radius 1 is 1.19 bits per heavy atom. The summed E-state index contributed by atoms with van der Waals surface area (Å²) in [6.45, 7) is 3.79. The second-order valence-corrected chi connectivity index (χ2v) is 6.18. The Balaban J connectivity index is 1.84. The molecule has 1 fully saturated rings. The fraction of sp³-hybridized carbons (Fsp3) is 0.588. The first-order valence-corrected chi connectivity index (χ1v) is 7.82. The van der Waals surface area contributed by atoms with Gasteiger partial charge in [0.1, 0.15) is 0 Å². The molecule has 0 aromatic heterocycles. The third kappa shape index (κ3) is 6.27. The Morgan fingerprint density at radius 2 is 1.90 bits per heavy atom. The lowest BCUT2D eigenvalue weighted by Crippen LogP contribution is -2.41. The highest BCUT2D eigenvalue weighted by Crippen LogP contribution is 2.27. The van der Waals surface area contributed by atoms with Crippen LogP contribution in [0.1, 0.15) is 18.4 Å². The summed E-state index contributed by atoms with van der Waals surface area (Å²) in [6, 6.07) is 10.2. The number of hydrogen-bond acceptors (Lipinski definition) is 3. The molecule has 1 aromatic rings. The number of nitrogens with zero attached hydrogens (tertiary/aromatic N) is 2. The van der Waals surface area contributed by atoms with Crippen LogP contribution in [0, 0.1) is 5.92 Å². The highest BCUT2D eigenvalue weighted by molar-refractivity contribution is 5.78. The van der Waals surface area contributed by atoms with E-state index < -0.39 is 0 Å². The maximum Gasteiger partial charge on any atom is 0.236 e. The molecule has 4 nitrogen and oxygen atoms in total. The largest absolute Gasteiger partial charge is 0.336 e. The number of benzene rings is 1. The lowest BCUT2D eigenvalue weighted by atomic mass is 10.2. The van der Waals surface area contributed by atoms with Gasteiger partial charge in [-0.1, -0.05) is 30.3 Å². The molecule has 4 heteroatoms. The average Bonchev–Trinajstić information content (AvgIpc) is 3.28. The van der Waals surface area contributed by atoms with Crippen LogP contribution in [0.15, 0.2) is 30.3 Å². The van der Waals surface area contributed by atoms with Crippen LogP contribution in [-0.4, -0.2) is 56.0 Å². The third-order valence-electron chi connectivity index (χ3n) is 3.79. The van der Waals surface area contributed by atoms with Gasteiger partial charge in [-0.05, 0) is 45.0 Å². The SMILES string of the molecule is CN(C)CCN(Cc1ccccc1)C(=O)CNCC1CC1. The molecule has 0 atom stereocenters. The van der Waals surface area contributed by atoms with Crippen molar-refractivity contribution < 1.29 is 4.79 Å². The van der Waals surface area contributed by atoms with E-state index in [0.29, 0.717) is 13.1 Å². The Labute approximate surface area is 128 Å². The molecule has 0 radical (unpaired) electrons. The summed E-state index contributed by atoms with van der Waals surface area (Å²) in [4.78, 5) is 16.5. The molecule has 1 amide bonds. The van der Waals surface area contributed by atoms with Gasteiger partial charge in [-0.2, -0.15) is 0 Å². The summed E-state index contributed by atoms with van der Waals surface area (Å²) in [6.07, 6.45) is 2.63. The second-order valence-electron chi connectivity index (χ2n) is 6.18. The minimum atomic E-state index is 0.196. The quantitative estimate of drug-likeness (QED) is 0.750. The van der Waals surface area contributed by atoms with E-state index in [1.54, 1.807) is 0 Å². The molecule has 0 saturated heterocycles. The van der Waals surface area contributed by atoms with E-state index in [1.807, 2.05) is 37.2 Å². The van der Waals surface area contributed by atoms with Crippen molar-refractivity contribution in [3.8, 4) is 0 Å². The first-order valence-electron chi connectivity index (χ1n) is 7.82. The Morgan fingerprint density at radius 3 is 2.52 bits per heavy atom. The van der Waals surface area contributed by atoms with E-state index in [0.717, 1.165) is 25.6 Å². The second kappa shape index (κ2) is 8.15. The van der Waals surface area contributed by atoms with Crippen LogP contribution >= 0.6 is 0 Å². The van der Waals surface area contributed by atoms with E-state index in [1.165, 1.54) is 18.4 Å². The first-order chi connectivity index (χ1) is 10.1. The normalized spacial score (nSPS) is 14.4. The Kier molecular flexibility index (Phi) is 6.21. The van der Waals surface area contributed by atoms with Crippen molar-refractivity contribution in [2.45, 2.75) is 19.4 Å². The van der Waals surface area contributed by atoms with E-state index in [4.69, 9.17) is 0 Å². The predicted octanol–water partition coefficient (Wildman–Crippen LogP) is 1.58. The molecule has 0 heterocycles. The van der Waals surface area contributed by atoms with Gasteiger partial charge in [0.2, 0.25) is 5.91 Å². The molecule has 116 valence electrons. The van der Waals surface area contributed by atoms with Crippen molar-refractivity contribution in [3.05, 3.63) is 35.9 Å². The first kappa shape index (κ1) is 16.0. The summed E-state index contributed by atoms with van der Waals surface area (Å²) in [5.74, 6) is 1.00. The molecule has 2 rings (SSSR count). The van der Waals surface area contributed by atoms with Gasteiger partial charge in [0.25, 0.3) is 0 Å². The van der Waals surface area contributed by atoms with Gasteiger partial charge in [0, 0.05) is 19.6 Å². The maximum atomic E-state index is 12.4. The van der Waals surface area contributed by atoms with Crippen molar-refractivity contribution in [2.75, 3.05) is 40.3 Å². The van der Waals surface area contributed by atoms with Gasteiger partial charge in [0.05, 0.1) is 6.54 Å². The molecular formula is C17H27N3O. The Hall–Kier alpha value is -1.39. The summed E-state index contributed by atoms with van der Waals surface area (Å²) >= 11 is 0. The van der Waals surface area contributed by atoms with E-state index in [9.17, 15) is 4.79 Å². The number of nitrogens with one attached hydrogen (secondary N) is 1. The lowest BCUT2D eigenvalue weighted by Gasteiger charge is -2.25. The smallest absolute Gasteiger partial charge is 0.236 e. The van der Waals surface area contributed by atoms with Gasteiger partial charge >= 0.3 is 0 Å². The van der Waals surface area contributed by atoms with Gasteiger partial charge < -0.3 is 15.1 Å². The average molecular weight is 289 g/mol. The van der Waals surface area contributed by atoms with Gasteiger partial charge in [-0.15, -0.1) is 0 Å². The number of hydrogen-bond donors (Lipinski definition) is 1. The van der Waals surface area contributed by atoms with Crippen LogP contribution in [0.5, 0.6) is 0 Å². The fourth-order valence-corrected chi connectivity index (χ4v) is 2.23. The van der Waals surface area contributed by atoms with Gasteiger partial charge in [-0.3, -0.25) is 4.79 Å². The van der Waals surface area contributed by atoms with E-state index >= 15 is 0 Å². The minimum absolute atomic E-state index is 0.196. The van der Waals surface area contributed by atoms with Crippen molar-refractivity contribution >= 4 is 5.91 Å². The Bertz CT molecular complexity index is 429.